The number of hydrogen-bond acceptors (Lipinski definition) is 5. The smallest absolute Gasteiger partial charge is 0.232 e. The number of carbonyl (C=O) groups excluding carboxylic acids is 1. The van der Waals surface area contributed by atoms with Gasteiger partial charge in [0, 0.05) is 48.7 Å². The molecule has 0 radical (unpaired) electrons. The van der Waals surface area contributed by atoms with Crippen molar-refractivity contribution in [2.45, 2.75) is 39.2 Å². The average Bonchev–Trinajstić information content (AvgIpc) is 3.30. The van der Waals surface area contributed by atoms with Gasteiger partial charge in [0.1, 0.15) is 0 Å². The highest BCUT2D eigenvalue weighted by Crippen LogP contribution is 2.21. The zero-order valence-electron chi connectivity index (χ0n) is 16.7. The number of hydrogen-bond donors (Lipinski definition) is 1. The van der Waals surface area contributed by atoms with Crippen LogP contribution in [-0.4, -0.2) is 57.0 Å². The number of carbonyl (C=O) groups is 1. The van der Waals surface area contributed by atoms with E-state index >= 15 is 0 Å². The van der Waals surface area contributed by atoms with Crippen molar-refractivity contribution < 1.29 is 9.32 Å². The summed E-state index contributed by atoms with van der Waals surface area (Å²) in [5.74, 6) is 1.55. The van der Waals surface area contributed by atoms with Crippen LogP contribution in [0.25, 0.3) is 10.9 Å². The van der Waals surface area contributed by atoms with Gasteiger partial charge in [-0.25, -0.2) is 0 Å². The Morgan fingerprint density at radius 1 is 1.18 bits per heavy atom. The molecule has 28 heavy (non-hydrogen) atoms. The zero-order chi connectivity index (χ0) is 19.7. The second-order valence-electron chi connectivity index (χ2n) is 8.46. The lowest BCUT2D eigenvalue weighted by molar-refractivity contribution is -0.132. The molecule has 7 heteroatoms. The van der Waals surface area contributed by atoms with E-state index < -0.39 is 0 Å². The second kappa shape index (κ2) is 7.39. The van der Waals surface area contributed by atoms with Crippen molar-refractivity contribution in [3.05, 3.63) is 47.7 Å². The third kappa shape index (κ3) is 3.94. The average molecular weight is 381 g/mol. The molecule has 1 fully saturated rings. The van der Waals surface area contributed by atoms with Gasteiger partial charge in [-0.1, -0.05) is 44.1 Å². The number of amides is 1. The maximum atomic E-state index is 12.7. The Kier molecular flexibility index (Phi) is 4.93. The molecule has 148 valence electrons. The number of aromatic nitrogens is 3. The van der Waals surface area contributed by atoms with Crippen molar-refractivity contribution in [1.82, 2.24) is 24.9 Å². The lowest BCUT2D eigenvalue weighted by Gasteiger charge is -2.34. The van der Waals surface area contributed by atoms with E-state index in [4.69, 9.17) is 4.52 Å². The summed E-state index contributed by atoms with van der Waals surface area (Å²) in [5, 5.41) is 5.22. The summed E-state index contributed by atoms with van der Waals surface area (Å²) < 4.78 is 5.37. The van der Waals surface area contributed by atoms with Crippen LogP contribution in [0.3, 0.4) is 0 Å². The van der Waals surface area contributed by atoms with E-state index in [1.807, 2.05) is 29.3 Å². The molecule has 1 aliphatic heterocycles. The highest BCUT2D eigenvalue weighted by Gasteiger charge is 2.25. The van der Waals surface area contributed by atoms with E-state index in [1.165, 1.54) is 0 Å². The van der Waals surface area contributed by atoms with Crippen LogP contribution in [0.4, 0.5) is 0 Å². The van der Waals surface area contributed by atoms with Gasteiger partial charge in [-0.05, 0) is 11.6 Å². The number of aromatic amines is 1. The maximum Gasteiger partial charge on any atom is 0.232 e. The van der Waals surface area contributed by atoms with Gasteiger partial charge in [-0.3, -0.25) is 9.69 Å². The second-order valence-corrected chi connectivity index (χ2v) is 8.46. The standard InChI is InChI=1S/C21H27N5O2/c1-21(2,3)20-23-18(24-28-20)14-25-8-10-26(11-9-25)19(27)12-15-13-22-17-7-5-4-6-16(15)17/h4-7,13,22H,8-12,14H2,1-3H3. The minimum atomic E-state index is -0.140. The summed E-state index contributed by atoms with van der Waals surface area (Å²) in [4.78, 5) is 24.7. The van der Waals surface area contributed by atoms with Crippen molar-refractivity contribution in [2.75, 3.05) is 26.2 Å². The molecule has 0 saturated carbocycles. The number of piperazine rings is 1. The van der Waals surface area contributed by atoms with Crippen LogP contribution in [-0.2, 0) is 23.2 Å². The van der Waals surface area contributed by atoms with Crippen LogP contribution in [0.1, 0.15) is 38.0 Å². The quantitative estimate of drug-likeness (QED) is 0.752. The summed E-state index contributed by atoms with van der Waals surface area (Å²) in [6, 6.07) is 8.10. The van der Waals surface area contributed by atoms with Crippen molar-refractivity contribution in [2.24, 2.45) is 0 Å². The number of benzene rings is 1. The zero-order valence-corrected chi connectivity index (χ0v) is 16.7. The van der Waals surface area contributed by atoms with Crippen molar-refractivity contribution in [3.8, 4) is 0 Å². The predicted molar refractivity (Wildman–Crippen MR) is 107 cm³/mol. The van der Waals surface area contributed by atoms with Crippen LogP contribution >= 0.6 is 0 Å². The number of para-hydroxylation sites is 1. The fourth-order valence-corrected chi connectivity index (χ4v) is 3.53. The molecule has 7 nitrogen and oxygen atoms in total. The molecule has 0 spiro atoms. The molecule has 0 atom stereocenters. The normalized spacial score (nSPS) is 16.0. The summed E-state index contributed by atoms with van der Waals surface area (Å²) in [6.45, 7) is 9.92. The minimum absolute atomic E-state index is 0.140. The molecule has 4 rings (SSSR count). The largest absolute Gasteiger partial charge is 0.361 e. The third-order valence-electron chi connectivity index (χ3n) is 5.22. The van der Waals surface area contributed by atoms with Gasteiger partial charge < -0.3 is 14.4 Å². The van der Waals surface area contributed by atoms with Gasteiger partial charge >= 0.3 is 0 Å². The molecular formula is C21H27N5O2. The number of H-pyrrole nitrogens is 1. The fraction of sp³-hybridized carbons (Fsp3) is 0.476. The Morgan fingerprint density at radius 2 is 1.93 bits per heavy atom. The van der Waals surface area contributed by atoms with Gasteiger partial charge in [-0.15, -0.1) is 0 Å². The SMILES string of the molecule is CC(C)(C)c1nc(CN2CCN(C(=O)Cc3c[nH]c4ccccc34)CC2)no1. The van der Waals surface area contributed by atoms with Gasteiger partial charge in [-0.2, -0.15) is 4.98 Å². The summed E-state index contributed by atoms with van der Waals surface area (Å²) >= 11 is 0. The molecule has 0 aliphatic carbocycles. The van der Waals surface area contributed by atoms with Crippen LogP contribution < -0.4 is 0 Å². The molecule has 1 aliphatic rings. The van der Waals surface area contributed by atoms with E-state index in [0.717, 1.165) is 42.6 Å². The molecule has 1 saturated heterocycles. The Labute approximate surface area is 164 Å². The van der Waals surface area contributed by atoms with E-state index in [1.54, 1.807) is 0 Å². The monoisotopic (exact) mass is 381 g/mol. The van der Waals surface area contributed by atoms with Gasteiger partial charge in [0.05, 0.1) is 13.0 Å². The highest BCUT2D eigenvalue weighted by molar-refractivity contribution is 5.88. The van der Waals surface area contributed by atoms with E-state index in [2.05, 4.69) is 46.9 Å². The van der Waals surface area contributed by atoms with Crippen molar-refractivity contribution in [1.29, 1.82) is 0 Å². The van der Waals surface area contributed by atoms with Gasteiger partial charge in [0.15, 0.2) is 5.82 Å². The van der Waals surface area contributed by atoms with Crippen LogP contribution in [0.2, 0.25) is 0 Å². The lowest BCUT2D eigenvalue weighted by Crippen LogP contribution is -2.48. The molecule has 1 amide bonds. The van der Waals surface area contributed by atoms with Crippen LogP contribution in [0.5, 0.6) is 0 Å². The third-order valence-corrected chi connectivity index (χ3v) is 5.22. The van der Waals surface area contributed by atoms with Crippen LogP contribution in [0, 0.1) is 0 Å². The molecule has 1 aromatic carbocycles. The summed E-state index contributed by atoms with van der Waals surface area (Å²) in [6.07, 6.45) is 2.38. The number of nitrogens with zero attached hydrogens (tertiary/aromatic N) is 4. The first-order chi connectivity index (χ1) is 13.4. The molecule has 3 aromatic rings. The Morgan fingerprint density at radius 3 is 2.64 bits per heavy atom. The van der Waals surface area contributed by atoms with E-state index in [9.17, 15) is 4.79 Å². The topological polar surface area (TPSA) is 78.3 Å². The Hall–Kier alpha value is -2.67. The number of nitrogens with one attached hydrogen (secondary N) is 1. The molecule has 3 heterocycles. The molecule has 0 unspecified atom stereocenters. The first kappa shape index (κ1) is 18.7. The van der Waals surface area contributed by atoms with E-state index in [0.29, 0.717) is 24.7 Å². The maximum absolute atomic E-state index is 12.7. The minimum Gasteiger partial charge on any atom is -0.361 e. The van der Waals surface area contributed by atoms with Crippen molar-refractivity contribution >= 4 is 16.8 Å². The first-order valence-electron chi connectivity index (χ1n) is 9.78. The highest BCUT2D eigenvalue weighted by atomic mass is 16.5. The lowest BCUT2D eigenvalue weighted by atomic mass is 9.97. The van der Waals surface area contributed by atoms with E-state index in [-0.39, 0.29) is 11.3 Å². The Balaban J connectivity index is 1.31. The fourth-order valence-electron chi connectivity index (χ4n) is 3.53. The van der Waals surface area contributed by atoms with Gasteiger partial charge in [0.25, 0.3) is 0 Å². The van der Waals surface area contributed by atoms with Crippen molar-refractivity contribution in [3.63, 3.8) is 0 Å². The molecule has 2 aromatic heterocycles. The molecule has 0 bridgehead atoms. The summed E-state index contributed by atoms with van der Waals surface area (Å²) in [5.41, 5.74) is 1.99. The first-order valence-corrected chi connectivity index (χ1v) is 9.78. The predicted octanol–water partition coefficient (Wildman–Crippen LogP) is 2.74. The Bertz CT molecular complexity index is 960. The number of rotatable bonds is 4. The number of fused-ring (bicyclic) bond motifs is 1. The summed E-state index contributed by atoms with van der Waals surface area (Å²) in [7, 11) is 0. The molecule has 1 N–H and O–H groups in total. The molecular weight excluding hydrogens is 354 g/mol. The van der Waals surface area contributed by atoms with Gasteiger partial charge in [0.2, 0.25) is 11.8 Å². The van der Waals surface area contributed by atoms with Crippen LogP contribution in [0.15, 0.2) is 35.0 Å².